The first-order chi connectivity index (χ1) is 11.3. The van der Waals surface area contributed by atoms with E-state index in [0.717, 1.165) is 6.42 Å². The van der Waals surface area contributed by atoms with Crippen LogP contribution in [0.25, 0.3) is 0 Å². The number of amides is 2. The van der Waals surface area contributed by atoms with Crippen molar-refractivity contribution in [3.63, 3.8) is 0 Å². The summed E-state index contributed by atoms with van der Waals surface area (Å²) in [6.45, 7) is 3.20. The molecule has 132 valence electrons. The highest BCUT2D eigenvalue weighted by Gasteiger charge is 2.25. The van der Waals surface area contributed by atoms with Gasteiger partial charge in [-0.3, -0.25) is 9.59 Å². The van der Waals surface area contributed by atoms with Crippen LogP contribution in [0.2, 0.25) is 0 Å². The number of nitrogens with one attached hydrogen (secondary N) is 2. The first-order valence-electron chi connectivity index (χ1n) is 7.88. The number of rotatable bonds is 9. The molecule has 2 amide bonds. The molecule has 0 bridgehead atoms. The van der Waals surface area contributed by atoms with E-state index in [2.05, 4.69) is 10.6 Å². The molecule has 3 N–H and O–H groups in total. The van der Waals surface area contributed by atoms with Crippen molar-refractivity contribution < 1.29 is 23.9 Å². The number of carboxylic acid groups (broad SMARTS) is 1. The van der Waals surface area contributed by atoms with Crippen molar-refractivity contribution in [3.05, 3.63) is 35.6 Å². The predicted octanol–water partition coefficient (Wildman–Crippen LogP) is 1.63. The van der Waals surface area contributed by atoms with Gasteiger partial charge in [0.15, 0.2) is 0 Å². The maximum absolute atomic E-state index is 13.0. The molecule has 0 radical (unpaired) electrons. The van der Waals surface area contributed by atoms with Crippen LogP contribution in [0.5, 0.6) is 0 Å². The molecule has 2 atom stereocenters. The van der Waals surface area contributed by atoms with Gasteiger partial charge < -0.3 is 15.7 Å². The van der Waals surface area contributed by atoms with E-state index in [1.54, 1.807) is 0 Å². The maximum atomic E-state index is 13.0. The Morgan fingerprint density at radius 3 is 2.25 bits per heavy atom. The fourth-order valence-electron chi connectivity index (χ4n) is 2.25. The lowest BCUT2D eigenvalue weighted by Crippen LogP contribution is -2.52. The van der Waals surface area contributed by atoms with Crippen LogP contribution in [0, 0.1) is 5.82 Å². The van der Waals surface area contributed by atoms with Gasteiger partial charge in [-0.2, -0.15) is 0 Å². The molecule has 6 nitrogen and oxygen atoms in total. The molecule has 24 heavy (non-hydrogen) atoms. The van der Waals surface area contributed by atoms with Crippen molar-refractivity contribution >= 4 is 17.8 Å². The molecule has 1 rings (SSSR count). The molecule has 0 aromatic heterocycles. The molecular formula is C17H23FN2O4. The summed E-state index contributed by atoms with van der Waals surface area (Å²) in [5.74, 6) is -2.49. The molecule has 0 saturated heterocycles. The Morgan fingerprint density at radius 1 is 1.12 bits per heavy atom. The Labute approximate surface area is 140 Å². The summed E-state index contributed by atoms with van der Waals surface area (Å²) < 4.78 is 13.0. The first kappa shape index (κ1) is 19.6. The lowest BCUT2D eigenvalue weighted by atomic mass is 10.0. The SMILES string of the molecule is CCCC[C@H](NC(=O)[C@H](Cc1ccc(F)cc1)NC(C)=O)C(=O)O. The molecule has 0 saturated carbocycles. The summed E-state index contributed by atoms with van der Waals surface area (Å²) in [4.78, 5) is 34.9. The number of carbonyl (C=O) groups is 3. The predicted molar refractivity (Wildman–Crippen MR) is 86.8 cm³/mol. The Kier molecular flexibility index (Phi) is 7.88. The van der Waals surface area contributed by atoms with E-state index < -0.39 is 35.7 Å². The summed E-state index contributed by atoms with van der Waals surface area (Å²) in [5.41, 5.74) is 0.658. The normalized spacial score (nSPS) is 13.0. The third-order valence-corrected chi connectivity index (χ3v) is 3.51. The van der Waals surface area contributed by atoms with Crippen molar-refractivity contribution in [2.75, 3.05) is 0 Å². The zero-order valence-electron chi connectivity index (χ0n) is 13.8. The van der Waals surface area contributed by atoms with Gasteiger partial charge in [-0.05, 0) is 24.1 Å². The summed E-state index contributed by atoms with van der Waals surface area (Å²) in [5, 5.41) is 14.2. The number of carbonyl (C=O) groups excluding carboxylic acids is 2. The van der Waals surface area contributed by atoms with Gasteiger partial charge in [0.05, 0.1) is 0 Å². The molecule has 0 fully saturated rings. The minimum absolute atomic E-state index is 0.145. The summed E-state index contributed by atoms with van der Waals surface area (Å²) in [6, 6.07) is 3.64. The Bertz CT molecular complexity index is 574. The van der Waals surface area contributed by atoms with Crippen LogP contribution in [0.15, 0.2) is 24.3 Å². The molecular weight excluding hydrogens is 315 g/mol. The van der Waals surface area contributed by atoms with Crippen molar-refractivity contribution in [3.8, 4) is 0 Å². The van der Waals surface area contributed by atoms with E-state index in [-0.39, 0.29) is 6.42 Å². The van der Waals surface area contributed by atoms with E-state index >= 15 is 0 Å². The van der Waals surface area contributed by atoms with E-state index in [9.17, 15) is 23.9 Å². The second-order valence-electron chi connectivity index (χ2n) is 5.63. The number of halogens is 1. The monoisotopic (exact) mass is 338 g/mol. The quantitative estimate of drug-likeness (QED) is 0.638. The van der Waals surface area contributed by atoms with Crippen LogP contribution < -0.4 is 10.6 Å². The lowest BCUT2D eigenvalue weighted by molar-refractivity contribution is -0.142. The van der Waals surface area contributed by atoms with Crippen LogP contribution in [0.1, 0.15) is 38.7 Å². The number of aliphatic carboxylic acids is 1. The maximum Gasteiger partial charge on any atom is 0.326 e. The van der Waals surface area contributed by atoms with Gasteiger partial charge in [0.1, 0.15) is 17.9 Å². The van der Waals surface area contributed by atoms with Crippen LogP contribution >= 0.6 is 0 Å². The Hall–Kier alpha value is -2.44. The van der Waals surface area contributed by atoms with Gasteiger partial charge in [-0.15, -0.1) is 0 Å². The lowest BCUT2D eigenvalue weighted by Gasteiger charge is -2.21. The summed E-state index contributed by atoms with van der Waals surface area (Å²) in [7, 11) is 0. The van der Waals surface area contributed by atoms with Gasteiger partial charge >= 0.3 is 5.97 Å². The molecule has 1 aromatic rings. The number of unbranched alkanes of at least 4 members (excludes halogenated alkanes) is 1. The van der Waals surface area contributed by atoms with Gasteiger partial charge in [0.25, 0.3) is 0 Å². The van der Waals surface area contributed by atoms with E-state index in [1.165, 1.54) is 31.2 Å². The third-order valence-electron chi connectivity index (χ3n) is 3.51. The van der Waals surface area contributed by atoms with E-state index in [0.29, 0.717) is 18.4 Å². The average Bonchev–Trinajstić information content (AvgIpc) is 2.52. The van der Waals surface area contributed by atoms with Crippen molar-refractivity contribution in [1.29, 1.82) is 0 Å². The Morgan fingerprint density at radius 2 is 1.75 bits per heavy atom. The standard InChI is InChI=1S/C17H23FN2O4/c1-3-4-5-14(17(23)24)20-16(22)15(19-11(2)21)10-12-6-8-13(18)9-7-12/h6-9,14-15H,3-5,10H2,1-2H3,(H,19,21)(H,20,22)(H,23,24)/t14-,15-/m0/s1. The topological polar surface area (TPSA) is 95.5 Å². The minimum Gasteiger partial charge on any atom is -0.480 e. The molecule has 0 unspecified atom stereocenters. The van der Waals surface area contributed by atoms with E-state index in [1.807, 2.05) is 6.92 Å². The smallest absolute Gasteiger partial charge is 0.326 e. The zero-order valence-corrected chi connectivity index (χ0v) is 13.8. The molecule has 0 aliphatic carbocycles. The first-order valence-corrected chi connectivity index (χ1v) is 7.88. The van der Waals surface area contributed by atoms with Crippen molar-refractivity contribution in [2.24, 2.45) is 0 Å². The van der Waals surface area contributed by atoms with Crippen molar-refractivity contribution in [1.82, 2.24) is 10.6 Å². The molecule has 0 aliphatic rings. The van der Waals surface area contributed by atoms with Crippen molar-refractivity contribution in [2.45, 2.75) is 51.6 Å². The highest BCUT2D eigenvalue weighted by Crippen LogP contribution is 2.08. The average molecular weight is 338 g/mol. The molecule has 0 aliphatic heterocycles. The number of hydrogen-bond donors (Lipinski definition) is 3. The fourth-order valence-corrected chi connectivity index (χ4v) is 2.25. The fraction of sp³-hybridized carbons (Fsp3) is 0.471. The zero-order chi connectivity index (χ0) is 18.1. The molecule has 1 aromatic carbocycles. The van der Waals surface area contributed by atoms with Crippen LogP contribution in [0.4, 0.5) is 4.39 Å². The van der Waals surface area contributed by atoms with Crippen LogP contribution in [0.3, 0.4) is 0 Å². The minimum atomic E-state index is -1.11. The van der Waals surface area contributed by atoms with Crippen LogP contribution in [-0.2, 0) is 20.8 Å². The highest BCUT2D eigenvalue weighted by atomic mass is 19.1. The molecule has 0 spiro atoms. The largest absolute Gasteiger partial charge is 0.480 e. The molecule has 0 heterocycles. The summed E-state index contributed by atoms with van der Waals surface area (Å²) >= 11 is 0. The molecule has 7 heteroatoms. The van der Waals surface area contributed by atoms with Gasteiger partial charge in [-0.1, -0.05) is 31.9 Å². The van der Waals surface area contributed by atoms with Gasteiger partial charge in [0.2, 0.25) is 11.8 Å². The second kappa shape index (κ2) is 9.64. The number of benzene rings is 1. The van der Waals surface area contributed by atoms with Gasteiger partial charge in [0, 0.05) is 13.3 Å². The Balaban J connectivity index is 2.81. The summed E-state index contributed by atoms with van der Waals surface area (Å²) in [6.07, 6.45) is 1.94. The second-order valence-corrected chi connectivity index (χ2v) is 5.63. The number of carboxylic acids is 1. The third kappa shape index (κ3) is 6.76. The van der Waals surface area contributed by atoms with Crippen LogP contribution in [-0.4, -0.2) is 35.0 Å². The number of hydrogen-bond acceptors (Lipinski definition) is 3. The highest BCUT2D eigenvalue weighted by molar-refractivity contribution is 5.90. The van der Waals surface area contributed by atoms with Gasteiger partial charge in [-0.25, -0.2) is 9.18 Å². The van der Waals surface area contributed by atoms with E-state index in [4.69, 9.17) is 0 Å².